The molecule has 7 nitrogen and oxygen atoms in total. The molecule has 4 heterocycles. The number of nitrogens with one attached hydrogen (secondary N) is 2. The SMILES string of the molecule is O=C(Cc1[nH]nc2ccccc12)N1C[C@@H]2[C@H](CO)[C@H]3CNC[C@]2(C1)O3. The summed E-state index contributed by atoms with van der Waals surface area (Å²) in [5, 5.41) is 21.5. The van der Waals surface area contributed by atoms with E-state index in [9.17, 15) is 9.90 Å². The number of aromatic amines is 1. The molecule has 1 amide bonds. The van der Waals surface area contributed by atoms with Gasteiger partial charge in [0.25, 0.3) is 0 Å². The van der Waals surface area contributed by atoms with Crippen LogP contribution in [0.5, 0.6) is 0 Å². The number of rotatable bonds is 3. The Morgan fingerprint density at radius 3 is 3.20 bits per heavy atom. The number of hydrogen-bond donors (Lipinski definition) is 3. The van der Waals surface area contributed by atoms with Crippen molar-refractivity contribution in [2.24, 2.45) is 11.8 Å². The van der Waals surface area contributed by atoms with Crippen molar-refractivity contribution in [1.29, 1.82) is 0 Å². The van der Waals surface area contributed by atoms with Crippen molar-refractivity contribution in [3.8, 4) is 0 Å². The smallest absolute Gasteiger partial charge is 0.228 e. The fourth-order valence-corrected chi connectivity index (χ4v) is 4.90. The number of aliphatic hydroxyl groups is 1. The molecule has 2 aromatic rings. The lowest BCUT2D eigenvalue weighted by atomic mass is 9.83. The van der Waals surface area contributed by atoms with Gasteiger partial charge in [0.2, 0.25) is 5.91 Å². The molecule has 132 valence electrons. The van der Waals surface area contributed by atoms with Crippen molar-refractivity contribution >= 4 is 16.8 Å². The zero-order valence-electron chi connectivity index (χ0n) is 13.9. The van der Waals surface area contributed by atoms with Crippen molar-refractivity contribution in [2.45, 2.75) is 18.1 Å². The number of aromatic nitrogens is 2. The molecule has 4 atom stereocenters. The first-order valence-electron chi connectivity index (χ1n) is 8.89. The van der Waals surface area contributed by atoms with E-state index in [-0.39, 0.29) is 36.1 Å². The second-order valence-electron chi connectivity index (χ2n) is 7.48. The van der Waals surface area contributed by atoms with Gasteiger partial charge in [-0.15, -0.1) is 0 Å². The molecule has 1 spiro atoms. The Labute approximate surface area is 145 Å². The normalized spacial score (nSPS) is 33.8. The van der Waals surface area contributed by atoms with E-state index in [0.717, 1.165) is 29.7 Å². The molecule has 0 saturated carbocycles. The molecule has 7 heteroatoms. The first-order chi connectivity index (χ1) is 12.2. The Kier molecular flexibility index (Phi) is 3.38. The summed E-state index contributed by atoms with van der Waals surface area (Å²) in [7, 11) is 0. The van der Waals surface area contributed by atoms with Gasteiger partial charge in [-0.1, -0.05) is 18.2 Å². The molecular weight excluding hydrogens is 320 g/mol. The first-order valence-corrected chi connectivity index (χ1v) is 8.89. The van der Waals surface area contributed by atoms with Crippen molar-refractivity contribution < 1.29 is 14.6 Å². The number of nitrogens with zero attached hydrogens (tertiary/aromatic N) is 2. The largest absolute Gasteiger partial charge is 0.396 e. The van der Waals surface area contributed by atoms with Crippen molar-refractivity contribution in [3.05, 3.63) is 30.0 Å². The summed E-state index contributed by atoms with van der Waals surface area (Å²) < 4.78 is 6.26. The van der Waals surface area contributed by atoms with E-state index in [1.165, 1.54) is 0 Å². The van der Waals surface area contributed by atoms with Gasteiger partial charge < -0.3 is 20.1 Å². The average Bonchev–Trinajstić information content (AvgIpc) is 3.24. The number of amides is 1. The monoisotopic (exact) mass is 342 g/mol. The molecule has 3 saturated heterocycles. The summed E-state index contributed by atoms with van der Waals surface area (Å²) in [5.41, 5.74) is 1.40. The summed E-state index contributed by atoms with van der Waals surface area (Å²) in [4.78, 5) is 14.8. The van der Waals surface area contributed by atoms with E-state index in [4.69, 9.17) is 4.74 Å². The lowest BCUT2D eigenvalue weighted by Gasteiger charge is -2.33. The molecule has 0 radical (unpaired) electrons. The van der Waals surface area contributed by atoms with Gasteiger partial charge in [-0.2, -0.15) is 5.10 Å². The third-order valence-electron chi connectivity index (χ3n) is 6.13. The maximum Gasteiger partial charge on any atom is 0.228 e. The number of ether oxygens (including phenoxy) is 1. The highest BCUT2D eigenvalue weighted by Gasteiger charge is 2.61. The van der Waals surface area contributed by atoms with Crippen LogP contribution in [0.4, 0.5) is 0 Å². The molecule has 25 heavy (non-hydrogen) atoms. The van der Waals surface area contributed by atoms with Crippen LogP contribution in [0, 0.1) is 11.8 Å². The van der Waals surface area contributed by atoms with E-state index >= 15 is 0 Å². The van der Waals surface area contributed by atoms with Crippen LogP contribution in [0.1, 0.15) is 5.69 Å². The lowest BCUT2D eigenvalue weighted by molar-refractivity contribution is -0.133. The second-order valence-corrected chi connectivity index (χ2v) is 7.48. The molecule has 3 aliphatic heterocycles. The van der Waals surface area contributed by atoms with E-state index < -0.39 is 0 Å². The van der Waals surface area contributed by atoms with Gasteiger partial charge in [-0.25, -0.2) is 0 Å². The Morgan fingerprint density at radius 2 is 2.32 bits per heavy atom. The number of likely N-dealkylation sites (tertiary alicyclic amines) is 1. The van der Waals surface area contributed by atoms with Crippen molar-refractivity contribution in [3.63, 3.8) is 0 Å². The second kappa shape index (κ2) is 5.52. The summed E-state index contributed by atoms with van der Waals surface area (Å²) in [6.45, 7) is 2.92. The van der Waals surface area contributed by atoms with Gasteiger partial charge in [-0.3, -0.25) is 9.89 Å². The fourth-order valence-electron chi connectivity index (χ4n) is 4.90. The minimum atomic E-state index is -0.331. The zero-order chi connectivity index (χ0) is 17.0. The van der Waals surface area contributed by atoms with Crippen LogP contribution in [0.2, 0.25) is 0 Å². The Bertz CT molecular complexity index is 822. The van der Waals surface area contributed by atoms with E-state index in [0.29, 0.717) is 19.5 Å². The number of H-pyrrole nitrogens is 1. The van der Waals surface area contributed by atoms with Crippen LogP contribution in [0.25, 0.3) is 10.9 Å². The van der Waals surface area contributed by atoms with E-state index in [2.05, 4.69) is 15.5 Å². The number of aliphatic hydroxyl groups excluding tert-OH is 1. The number of para-hydroxylation sites is 1. The van der Waals surface area contributed by atoms with Crippen LogP contribution >= 0.6 is 0 Å². The molecule has 3 fully saturated rings. The van der Waals surface area contributed by atoms with E-state index in [1.807, 2.05) is 29.2 Å². The summed E-state index contributed by atoms with van der Waals surface area (Å²) in [5.74, 6) is 0.404. The maximum absolute atomic E-state index is 12.9. The third-order valence-corrected chi connectivity index (χ3v) is 6.13. The maximum atomic E-state index is 12.9. The van der Waals surface area contributed by atoms with Crippen molar-refractivity contribution in [1.82, 2.24) is 20.4 Å². The predicted molar refractivity (Wildman–Crippen MR) is 90.9 cm³/mol. The van der Waals surface area contributed by atoms with Crippen LogP contribution in [-0.4, -0.2) is 70.6 Å². The minimum absolute atomic E-state index is 0.0672. The fraction of sp³-hybridized carbons (Fsp3) is 0.556. The molecule has 3 aliphatic rings. The number of morpholine rings is 1. The number of benzene rings is 1. The van der Waals surface area contributed by atoms with Gasteiger partial charge in [0.05, 0.1) is 30.3 Å². The predicted octanol–water partition coefficient (Wildman–Crippen LogP) is -0.0869. The Balaban J connectivity index is 1.36. The average molecular weight is 342 g/mol. The van der Waals surface area contributed by atoms with Gasteiger partial charge in [0.15, 0.2) is 0 Å². The van der Waals surface area contributed by atoms with Gasteiger partial charge in [0, 0.05) is 43.5 Å². The standard InChI is InChI=1S/C18H22N4O3/c23-8-12-13-7-22(10-18(13)9-19-6-16(12)25-18)17(24)5-15-11-3-1-2-4-14(11)20-21-15/h1-4,12-13,16,19,23H,5-10H2,(H,20,21)/t12-,13+,16+,18+/m0/s1. The molecule has 3 N–H and O–H groups in total. The van der Waals surface area contributed by atoms with Gasteiger partial charge in [0.1, 0.15) is 5.60 Å². The Morgan fingerprint density at radius 1 is 1.44 bits per heavy atom. The summed E-state index contributed by atoms with van der Waals surface area (Å²) >= 11 is 0. The van der Waals surface area contributed by atoms with Crippen LogP contribution in [-0.2, 0) is 16.0 Å². The third kappa shape index (κ3) is 2.23. The van der Waals surface area contributed by atoms with Crippen molar-refractivity contribution in [2.75, 3.05) is 32.8 Å². The van der Waals surface area contributed by atoms with Gasteiger partial charge in [-0.05, 0) is 6.07 Å². The Hall–Kier alpha value is -1.96. The molecular formula is C18H22N4O3. The van der Waals surface area contributed by atoms with E-state index in [1.54, 1.807) is 0 Å². The lowest BCUT2D eigenvalue weighted by Crippen LogP contribution is -2.52. The molecule has 1 aromatic heterocycles. The van der Waals surface area contributed by atoms with Crippen LogP contribution in [0.15, 0.2) is 24.3 Å². The van der Waals surface area contributed by atoms with Crippen LogP contribution in [0.3, 0.4) is 0 Å². The summed E-state index contributed by atoms with van der Waals surface area (Å²) in [6, 6.07) is 7.82. The first kappa shape index (κ1) is 15.3. The minimum Gasteiger partial charge on any atom is -0.396 e. The zero-order valence-corrected chi connectivity index (χ0v) is 13.9. The molecule has 2 bridgehead atoms. The molecule has 5 rings (SSSR count). The highest BCUT2D eigenvalue weighted by Crippen LogP contribution is 2.47. The topological polar surface area (TPSA) is 90.5 Å². The quantitative estimate of drug-likeness (QED) is 0.725. The summed E-state index contributed by atoms with van der Waals surface area (Å²) in [6.07, 6.45) is 0.377. The molecule has 1 aromatic carbocycles. The number of carbonyl (C=O) groups is 1. The molecule has 0 unspecified atom stereocenters. The van der Waals surface area contributed by atoms with Crippen LogP contribution < -0.4 is 5.32 Å². The van der Waals surface area contributed by atoms with Gasteiger partial charge >= 0.3 is 0 Å². The highest BCUT2D eigenvalue weighted by molar-refractivity contribution is 5.87. The number of carbonyl (C=O) groups excluding carboxylic acids is 1. The number of hydrogen-bond acceptors (Lipinski definition) is 5. The highest BCUT2D eigenvalue weighted by atomic mass is 16.5. The number of fused-ring (bicyclic) bond motifs is 2. The molecule has 0 aliphatic carbocycles.